The molecule has 1 rings (SSSR count). The molecule has 1 aliphatic rings. The van der Waals surface area contributed by atoms with Crippen LogP contribution in [0.2, 0.25) is 0 Å². The molecular formula is C8H11. The van der Waals surface area contributed by atoms with Crippen molar-refractivity contribution in [1.82, 2.24) is 0 Å². The van der Waals surface area contributed by atoms with Gasteiger partial charge in [0, 0.05) is 0 Å². The molecule has 0 aromatic heterocycles. The highest BCUT2D eigenvalue weighted by atomic mass is 14.1. The summed E-state index contributed by atoms with van der Waals surface area (Å²) in [5.41, 5.74) is 2.83. The molecule has 0 spiro atoms. The molecule has 0 atom stereocenters. The first kappa shape index (κ1) is 5.61. The summed E-state index contributed by atoms with van der Waals surface area (Å²) in [5, 5.41) is 0. The summed E-state index contributed by atoms with van der Waals surface area (Å²) in [7, 11) is 0. The summed E-state index contributed by atoms with van der Waals surface area (Å²) >= 11 is 0. The Morgan fingerprint density at radius 3 is 2.75 bits per heavy atom. The Bertz CT molecular complexity index is 138. The van der Waals surface area contributed by atoms with E-state index in [0.29, 0.717) is 0 Å². The lowest BCUT2D eigenvalue weighted by Gasteiger charge is -1.94. The van der Waals surface area contributed by atoms with E-state index in [1.807, 2.05) is 0 Å². The van der Waals surface area contributed by atoms with Crippen molar-refractivity contribution in [2.75, 3.05) is 0 Å². The van der Waals surface area contributed by atoms with Gasteiger partial charge in [-0.15, -0.1) is 0 Å². The van der Waals surface area contributed by atoms with Gasteiger partial charge in [-0.05, 0) is 37.0 Å². The Morgan fingerprint density at radius 2 is 2.50 bits per heavy atom. The second-order valence-electron chi connectivity index (χ2n) is 2.09. The lowest BCUT2D eigenvalue weighted by atomic mass is 10.1. The van der Waals surface area contributed by atoms with E-state index in [0.717, 1.165) is 6.42 Å². The molecule has 0 heteroatoms. The van der Waals surface area contributed by atoms with Crippen molar-refractivity contribution in [3.05, 3.63) is 23.3 Å². The first-order chi connectivity index (χ1) is 3.84. The topological polar surface area (TPSA) is 0 Å². The van der Waals surface area contributed by atoms with E-state index in [2.05, 4.69) is 26.0 Å². The second-order valence-corrected chi connectivity index (χ2v) is 2.09. The largest absolute Gasteiger partial charge is 0.0766 e. The van der Waals surface area contributed by atoms with Crippen LogP contribution in [0.5, 0.6) is 0 Å². The zero-order chi connectivity index (χ0) is 5.98. The van der Waals surface area contributed by atoms with Crippen LogP contribution in [-0.4, -0.2) is 0 Å². The summed E-state index contributed by atoms with van der Waals surface area (Å²) < 4.78 is 0. The summed E-state index contributed by atoms with van der Waals surface area (Å²) in [5.74, 6) is 0. The van der Waals surface area contributed by atoms with Gasteiger partial charge in [-0.1, -0.05) is 13.0 Å². The van der Waals surface area contributed by atoms with Gasteiger partial charge in [-0.25, -0.2) is 0 Å². The summed E-state index contributed by atoms with van der Waals surface area (Å²) in [4.78, 5) is 0. The maximum atomic E-state index is 3.24. The van der Waals surface area contributed by atoms with Crippen LogP contribution in [0, 0.1) is 6.08 Å². The fourth-order valence-electron chi connectivity index (χ4n) is 1.00. The molecule has 0 aromatic carbocycles. The van der Waals surface area contributed by atoms with Crippen molar-refractivity contribution in [2.45, 2.75) is 26.7 Å². The van der Waals surface area contributed by atoms with Gasteiger partial charge < -0.3 is 0 Å². The van der Waals surface area contributed by atoms with Gasteiger partial charge in [0.2, 0.25) is 0 Å². The van der Waals surface area contributed by atoms with Crippen LogP contribution in [-0.2, 0) is 0 Å². The standard InChI is InChI=1S/C8H11/c1-3-8-6-4-5-7(8)2/h6H,3-4H2,1-2H3. The van der Waals surface area contributed by atoms with Crippen molar-refractivity contribution in [1.29, 1.82) is 0 Å². The molecule has 0 aromatic rings. The molecule has 1 aliphatic carbocycles. The summed E-state index contributed by atoms with van der Waals surface area (Å²) in [6.45, 7) is 4.31. The van der Waals surface area contributed by atoms with Crippen LogP contribution in [0.25, 0.3) is 0 Å². The first-order valence-electron chi connectivity index (χ1n) is 3.11. The van der Waals surface area contributed by atoms with Crippen LogP contribution in [0.3, 0.4) is 0 Å². The zero-order valence-corrected chi connectivity index (χ0v) is 5.49. The van der Waals surface area contributed by atoms with E-state index in [-0.39, 0.29) is 0 Å². The van der Waals surface area contributed by atoms with E-state index in [1.54, 1.807) is 0 Å². The van der Waals surface area contributed by atoms with Gasteiger partial charge in [0.1, 0.15) is 0 Å². The monoisotopic (exact) mass is 107 g/mol. The van der Waals surface area contributed by atoms with Crippen molar-refractivity contribution in [3.8, 4) is 0 Å². The summed E-state index contributed by atoms with van der Waals surface area (Å²) in [6, 6.07) is 0. The van der Waals surface area contributed by atoms with Crippen LogP contribution in [0.1, 0.15) is 26.7 Å². The maximum Gasteiger partial charge on any atom is -0.00859 e. The number of rotatable bonds is 1. The smallest absolute Gasteiger partial charge is 0.00859 e. The van der Waals surface area contributed by atoms with Crippen molar-refractivity contribution >= 4 is 0 Å². The van der Waals surface area contributed by atoms with Gasteiger partial charge in [0.25, 0.3) is 0 Å². The van der Waals surface area contributed by atoms with E-state index < -0.39 is 0 Å². The Morgan fingerprint density at radius 1 is 1.75 bits per heavy atom. The van der Waals surface area contributed by atoms with E-state index >= 15 is 0 Å². The molecule has 0 nitrogen and oxygen atoms in total. The molecule has 0 saturated carbocycles. The zero-order valence-electron chi connectivity index (χ0n) is 5.49. The Kier molecular flexibility index (Phi) is 1.52. The number of hydrogen-bond donors (Lipinski definition) is 0. The average Bonchev–Trinajstić information content (AvgIpc) is 2.14. The fourth-order valence-corrected chi connectivity index (χ4v) is 1.00. The highest BCUT2D eigenvalue weighted by molar-refractivity contribution is 5.31. The highest BCUT2D eigenvalue weighted by Gasteiger charge is 2.00. The number of allylic oxidation sites excluding steroid dienone is 4. The fraction of sp³-hybridized carbons (Fsp3) is 0.500. The van der Waals surface area contributed by atoms with Gasteiger partial charge in [0.15, 0.2) is 0 Å². The average molecular weight is 107 g/mol. The van der Waals surface area contributed by atoms with Crippen LogP contribution in [0.4, 0.5) is 0 Å². The van der Waals surface area contributed by atoms with E-state index in [4.69, 9.17) is 0 Å². The Hall–Kier alpha value is -0.520. The predicted molar refractivity (Wildman–Crippen MR) is 35.4 cm³/mol. The highest BCUT2D eigenvalue weighted by Crippen LogP contribution is 2.19. The minimum Gasteiger partial charge on any atom is -0.0766 e. The van der Waals surface area contributed by atoms with E-state index in [1.165, 1.54) is 17.6 Å². The SMILES string of the molecule is CCC1=CC[C]=C1C. The minimum absolute atomic E-state index is 1.04. The van der Waals surface area contributed by atoms with Crippen LogP contribution in [0.15, 0.2) is 17.2 Å². The van der Waals surface area contributed by atoms with Gasteiger partial charge >= 0.3 is 0 Å². The van der Waals surface area contributed by atoms with Gasteiger partial charge in [-0.3, -0.25) is 0 Å². The molecule has 8 heavy (non-hydrogen) atoms. The third-order valence-electron chi connectivity index (χ3n) is 1.58. The Balaban J connectivity index is 2.66. The molecule has 0 N–H and O–H groups in total. The molecule has 0 bridgehead atoms. The third kappa shape index (κ3) is 0.835. The quantitative estimate of drug-likeness (QED) is 0.483. The molecule has 0 saturated heterocycles. The molecule has 43 valence electrons. The Labute approximate surface area is 50.9 Å². The lowest BCUT2D eigenvalue weighted by Crippen LogP contribution is -1.75. The lowest BCUT2D eigenvalue weighted by molar-refractivity contribution is 1.11. The van der Waals surface area contributed by atoms with Crippen molar-refractivity contribution in [3.63, 3.8) is 0 Å². The predicted octanol–water partition coefficient (Wildman–Crippen LogP) is 2.48. The number of hydrogen-bond acceptors (Lipinski definition) is 0. The molecule has 0 fully saturated rings. The van der Waals surface area contributed by atoms with Crippen LogP contribution >= 0.6 is 0 Å². The van der Waals surface area contributed by atoms with Gasteiger partial charge in [-0.2, -0.15) is 0 Å². The molecular weight excluding hydrogens is 96.1 g/mol. The van der Waals surface area contributed by atoms with Crippen LogP contribution < -0.4 is 0 Å². The van der Waals surface area contributed by atoms with Crippen molar-refractivity contribution < 1.29 is 0 Å². The first-order valence-corrected chi connectivity index (χ1v) is 3.11. The van der Waals surface area contributed by atoms with E-state index in [9.17, 15) is 0 Å². The maximum absolute atomic E-state index is 3.24. The summed E-state index contributed by atoms with van der Waals surface area (Å²) in [6.07, 6.45) is 7.69. The molecule has 1 radical (unpaired) electrons. The van der Waals surface area contributed by atoms with Crippen molar-refractivity contribution in [2.24, 2.45) is 0 Å². The molecule has 0 aliphatic heterocycles. The van der Waals surface area contributed by atoms with Gasteiger partial charge in [0.05, 0.1) is 0 Å². The molecule has 0 heterocycles. The molecule has 0 unspecified atom stereocenters. The normalized spacial score (nSPS) is 18.2. The second kappa shape index (κ2) is 2.17. The molecule has 0 amide bonds. The minimum atomic E-state index is 1.04. The third-order valence-corrected chi connectivity index (χ3v) is 1.58.